The predicted octanol–water partition coefficient (Wildman–Crippen LogP) is -0.706. The van der Waals surface area contributed by atoms with E-state index in [0.717, 1.165) is 0 Å². The second-order valence-electron chi connectivity index (χ2n) is 2.60. The van der Waals surface area contributed by atoms with Gasteiger partial charge in [-0.3, -0.25) is 0 Å². The van der Waals surface area contributed by atoms with Crippen LogP contribution >= 0.6 is 0 Å². The Morgan fingerprint density at radius 3 is 2.64 bits per heavy atom. The first-order valence-electron chi connectivity index (χ1n) is 3.39. The van der Waals surface area contributed by atoms with Crippen molar-refractivity contribution in [2.24, 2.45) is 0 Å². The average molecular weight is 221 g/mol. The van der Waals surface area contributed by atoms with Crippen LogP contribution in [0.15, 0.2) is 0 Å². The topological polar surface area (TPSA) is 58.2 Å². The maximum absolute atomic E-state index is 10.9. The molecule has 1 aliphatic rings. The summed E-state index contributed by atoms with van der Waals surface area (Å²) in [6.45, 7) is 1.98. The van der Waals surface area contributed by atoms with Crippen LogP contribution in [0, 0.1) is 0 Å². The Balaban J connectivity index is 2.47. The zero-order valence-electron chi connectivity index (χ0n) is 6.13. The van der Waals surface area contributed by atoms with Crippen molar-refractivity contribution in [1.82, 2.24) is 10.6 Å². The van der Waals surface area contributed by atoms with Gasteiger partial charge >= 0.3 is 72.4 Å². The molecule has 3 amide bonds. The molecule has 1 fully saturated rings. The molecule has 4 nitrogen and oxygen atoms in total. The van der Waals surface area contributed by atoms with Crippen molar-refractivity contribution in [3.63, 3.8) is 0 Å². The third kappa shape index (κ3) is 2.20. The van der Waals surface area contributed by atoms with Crippen LogP contribution in [-0.2, 0) is 4.79 Å². The fourth-order valence-corrected chi connectivity index (χ4v) is 1.41. The number of amides is 3. The fraction of sp³-hybridized carbons (Fsp3) is 0.667. The molecular formula is C6H10N2O2Se. The summed E-state index contributed by atoms with van der Waals surface area (Å²) in [6.07, 6.45) is 0.678. The van der Waals surface area contributed by atoms with Crippen LogP contribution in [0.3, 0.4) is 0 Å². The van der Waals surface area contributed by atoms with Crippen LogP contribution in [-0.4, -0.2) is 34.0 Å². The number of nitrogens with one attached hydrogen (secondary N) is 2. The third-order valence-electron chi connectivity index (χ3n) is 1.44. The second-order valence-corrected chi connectivity index (χ2v) is 4.45. The van der Waals surface area contributed by atoms with Crippen molar-refractivity contribution in [1.29, 1.82) is 0 Å². The van der Waals surface area contributed by atoms with Gasteiger partial charge in [0.15, 0.2) is 0 Å². The fourth-order valence-electron chi connectivity index (χ4n) is 0.966. The molecule has 5 heteroatoms. The molecule has 2 unspecified atom stereocenters. The standard InChI is InChI=1S/C6H10N2O2Se/c1-3(11)2-4-5(9)8-6(10)7-4/h3-4,11H,2H2,1H3,(H2,7,8,9,10). The van der Waals surface area contributed by atoms with Crippen LogP contribution in [0.4, 0.5) is 4.79 Å². The molecule has 2 N–H and O–H groups in total. The molecule has 1 aliphatic heterocycles. The van der Waals surface area contributed by atoms with Crippen molar-refractivity contribution >= 4 is 28.0 Å². The summed E-state index contributed by atoms with van der Waals surface area (Å²) in [5, 5.41) is 4.70. The average Bonchev–Trinajstić information content (AvgIpc) is 2.09. The van der Waals surface area contributed by atoms with Gasteiger partial charge in [0.2, 0.25) is 0 Å². The molecule has 0 saturated carbocycles. The van der Waals surface area contributed by atoms with E-state index in [1.807, 2.05) is 6.92 Å². The second kappa shape index (κ2) is 3.24. The number of carbonyl (C=O) groups is 2. The number of hydrogen-bond acceptors (Lipinski definition) is 2. The van der Waals surface area contributed by atoms with Crippen LogP contribution in [0.5, 0.6) is 0 Å². The monoisotopic (exact) mass is 222 g/mol. The Morgan fingerprint density at radius 2 is 2.27 bits per heavy atom. The van der Waals surface area contributed by atoms with Gasteiger partial charge < -0.3 is 0 Å². The van der Waals surface area contributed by atoms with Crippen LogP contribution in [0.1, 0.15) is 13.3 Å². The summed E-state index contributed by atoms with van der Waals surface area (Å²) in [5.41, 5.74) is 0. The van der Waals surface area contributed by atoms with Gasteiger partial charge in [0, 0.05) is 0 Å². The van der Waals surface area contributed by atoms with Crippen molar-refractivity contribution in [2.45, 2.75) is 24.2 Å². The molecule has 0 spiro atoms. The first-order valence-corrected chi connectivity index (χ1v) is 4.47. The molecule has 0 aromatic heterocycles. The Hall–Kier alpha value is -0.541. The van der Waals surface area contributed by atoms with E-state index >= 15 is 0 Å². The van der Waals surface area contributed by atoms with E-state index in [-0.39, 0.29) is 18.0 Å². The van der Waals surface area contributed by atoms with E-state index in [2.05, 4.69) is 26.6 Å². The van der Waals surface area contributed by atoms with Gasteiger partial charge in [-0.1, -0.05) is 0 Å². The molecule has 1 rings (SSSR count). The number of hydrogen-bond donors (Lipinski definition) is 2. The molecule has 0 aliphatic carbocycles. The van der Waals surface area contributed by atoms with E-state index in [9.17, 15) is 9.59 Å². The van der Waals surface area contributed by atoms with E-state index in [4.69, 9.17) is 0 Å². The molecule has 0 bridgehead atoms. The van der Waals surface area contributed by atoms with E-state index < -0.39 is 0 Å². The molecule has 1 heterocycles. The number of urea groups is 1. The zero-order chi connectivity index (χ0) is 8.43. The van der Waals surface area contributed by atoms with Crippen molar-refractivity contribution in [3.05, 3.63) is 0 Å². The van der Waals surface area contributed by atoms with Crippen molar-refractivity contribution in [2.75, 3.05) is 0 Å². The van der Waals surface area contributed by atoms with Gasteiger partial charge in [0.25, 0.3) is 0 Å². The van der Waals surface area contributed by atoms with E-state index in [0.29, 0.717) is 11.2 Å². The molecule has 2 atom stereocenters. The predicted molar refractivity (Wildman–Crippen MR) is 41.7 cm³/mol. The number of carbonyl (C=O) groups excluding carboxylic acids is 2. The Morgan fingerprint density at radius 1 is 1.64 bits per heavy atom. The molecule has 11 heavy (non-hydrogen) atoms. The van der Waals surface area contributed by atoms with Crippen molar-refractivity contribution in [3.8, 4) is 0 Å². The summed E-state index contributed by atoms with van der Waals surface area (Å²) >= 11 is 2.44. The zero-order valence-corrected chi connectivity index (χ0v) is 8.00. The molecular weight excluding hydrogens is 211 g/mol. The first kappa shape index (κ1) is 8.56. The van der Waals surface area contributed by atoms with Gasteiger partial charge in [-0.25, -0.2) is 0 Å². The van der Waals surface area contributed by atoms with Gasteiger partial charge in [0.05, 0.1) is 0 Å². The van der Waals surface area contributed by atoms with Gasteiger partial charge in [-0.15, -0.1) is 0 Å². The maximum atomic E-state index is 10.9. The molecule has 62 valence electrons. The Kier molecular flexibility index (Phi) is 2.52. The van der Waals surface area contributed by atoms with Crippen LogP contribution < -0.4 is 10.6 Å². The quantitative estimate of drug-likeness (QED) is 0.478. The number of rotatable bonds is 2. The summed E-state index contributed by atoms with van der Waals surface area (Å²) in [5.74, 6) is -0.215. The van der Waals surface area contributed by atoms with Crippen LogP contribution in [0.2, 0.25) is 4.82 Å². The Labute approximate surface area is 72.9 Å². The third-order valence-corrected chi connectivity index (χ3v) is 1.88. The summed E-state index contributed by atoms with van der Waals surface area (Å²) in [4.78, 5) is 21.9. The summed E-state index contributed by atoms with van der Waals surface area (Å²) < 4.78 is 0. The summed E-state index contributed by atoms with van der Waals surface area (Å²) in [6, 6.07) is -0.714. The SMILES string of the molecule is CC([SeH])CC1NC(=O)NC1=O. The van der Waals surface area contributed by atoms with E-state index in [1.165, 1.54) is 0 Å². The minimum absolute atomic E-state index is 0.215. The number of imide groups is 1. The van der Waals surface area contributed by atoms with Gasteiger partial charge in [0.1, 0.15) is 0 Å². The molecule has 1 saturated heterocycles. The molecule has 0 radical (unpaired) electrons. The minimum atomic E-state index is -0.381. The van der Waals surface area contributed by atoms with Crippen molar-refractivity contribution < 1.29 is 9.59 Å². The summed E-state index contributed by atoms with van der Waals surface area (Å²) in [7, 11) is 0. The first-order chi connectivity index (χ1) is 5.09. The molecule has 0 aromatic rings. The van der Waals surface area contributed by atoms with Gasteiger partial charge in [-0.05, 0) is 0 Å². The normalized spacial score (nSPS) is 26.2. The van der Waals surface area contributed by atoms with Gasteiger partial charge in [-0.2, -0.15) is 0 Å². The van der Waals surface area contributed by atoms with E-state index in [1.54, 1.807) is 0 Å². The Bertz CT molecular complexity index is 193. The molecule has 0 aromatic carbocycles. The van der Waals surface area contributed by atoms with Crippen LogP contribution in [0.25, 0.3) is 0 Å².